The Morgan fingerprint density at radius 2 is 2.14 bits per heavy atom. The number of hydrogen-bond acceptors (Lipinski definition) is 5. The molecule has 1 aliphatic rings. The van der Waals surface area contributed by atoms with E-state index in [2.05, 4.69) is 10.1 Å². The van der Waals surface area contributed by atoms with Crippen LogP contribution in [0.5, 0.6) is 0 Å². The number of aryl methyl sites for hydroxylation is 1. The van der Waals surface area contributed by atoms with E-state index in [1.165, 1.54) is 7.05 Å². The third-order valence-corrected chi connectivity index (χ3v) is 3.40. The van der Waals surface area contributed by atoms with Gasteiger partial charge in [-0.25, -0.2) is 9.78 Å². The Morgan fingerprint density at radius 1 is 1.41 bits per heavy atom. The second-order valence-corrected chi connectivity index (χ2v) is 4.92. The molecule has 8 nitrogen and oxygen atoms in total. The second kappa shape index (κ2) is 5.74. The number of anilines is 1. The van der Waals surface area contributed by atoms with Crippen LogP contribution < -0.4 is 4.90 Å². The molecule has 1 N–H and O–H groups in total. The van der Waals surface area contributed by atoms with Crippen LogP contribution in [0.4, 0.5) is 10.6 Å². The summed E-state index contributed by atoms with van der Waals surface area (Å²) in [5.41, 5.74) is 2.23. The van der Waals surface area contributed by atoms with Gasteiger partial charge in [0.2, 0.25) is 6.29 Å². The molecule has 0 aromatic carbocycles. The summed E-state index contributed by atoms with van der Waals surface area (Å²) in [6.07, 6.45) is 1.89. The Bertz CT molecular complexity index is 694. The average Bonchev–Trinajstić information content (AvgIpc) is 3.17. The Morgan fingerprint density at radius 3 is 2.73 bits per heavy atom. The van der Waals surface area contributed by atoms with Crippen molar-refractivity contribution in [3.05, 3.63) is 30.2 Å². The van der Waals surface area contributed by atoms with Crippen LogP contribution in [-0.4, -0.2) is 46.2 Å². The average molecular weight is 304 g/mol. The van der Waals surface area contributed by atoms with Gasteiger partial charge in [-0.1, -0.05) is 0 Å². The molecule has 1 saturated heterocycles. The maximum atomic E-state index is 11.1. The van der Waals surface area contributed by atoms with Crippen molar-refractivity contribution in [2.45, 2.75) is 6.29 Å². The lowest BCUT2D eigenvalue weighted by atomic mass is 10.1. The Hall–Kier alpha value is -2.45. The topological polar surface area (TPSA) is 89.7 Å². The first-order chi connectivity index (χ1) is 10.6. The van der Waals surface area contributed by atoms with E-state index >= 15 is 0 Å². The summed E-state index contributed by atoms with van der Waals surface area (Å²) < 4.78 is 12.7. The number of amides is 1. The number of hydrogen-bond donors (Lipinski definition) is 1. The largest absolute Gasteiger partial charge is 0.465 e. The van der Waals surface area contributed by atoms with Gasteiger partial charge >= 0.3 is 6.09 Å². The van der Waals surface area contributed by atoms with Gasteiger partial charge in [-0.15, -0.1) is 0 Å². The fourth-order valence-corrected chi connectivity index (χ4v) is 2.25. The smallest absolute Gasteiger partial charge is 0.412 e. The van der Waals surface area contributed by atoms with Gasteiger partial charge in [0.25, 0.3) is 0 Å². The highest BCUT2D eigenvalue weighted by molar-refractivity contribution is 5.84. The van der Waals surface area contributed by atoms with Crippen LogP contribution in [0, 0.1) is 0 Å². The van der Waals surface area contributed by atoms with Crippen molar-refractivity contribution >= 4 is 11.9 Å². The first-order valence-corrected chi connectivity index (χ1v) is 6.76. The summed E-state index contributed by atoms with van der Waals surface area (Å²) in [6.45, 7) is 0.968. The van der Waals surface area contributed by atoms with Crippen LogP contribution in [0.3, 0.4) is 0 Å². The summed E-state index contributed by atoms with van der Waals surface area (Å²) >= 11 is 0. The van der Waals surface area contributed by atoms with Crippen molar-refractivity contribution in [1.82, 2.24) is 14.8 Å². The summed E-state index contributed by atoms with van der Waals surface area (Å²) in [4.78, 5) is 16.6. The maximum Gasteiger partial charge on any atom is 0.412 e. The maximum absolute atomic E-state index is 11.1. The lowest BCUT2D eigenvalue weighted by Gasteiger charge is -2.17. The number of ether oxygens (including phenoxy) is 2. The zero-order chi connectivity index (χ0) is 15.7. The van der Waals surface area contributed by atoms with E-state index in [0.29, 0.717) is 24.7 Å². The molecular weight excluding hydrogens is 288 g/mol. The van der Waals surface area contributed by atoms with Crippen molar-refractivity contribution in [3.63, 3.8) is 0 Å². The minimum absolute atomic E-state index is 0.314. The molecule has 116 valence electrons. The predicted molar refractivity (Wildman–Crippen MR) is 77.5 cm³/mol. The molecule has 0 atom stereocenters. The van der Waals surface area contributed by atoms with Crippen molar-refractivity contribution in [3.8, 4) is 11.1 Å². The zero-order valence-electron chi connectivity index (χ0n) is 12.3. The summed E-state index contributed by atoms with van der Waals surface area (Å²) in [5.74, 6) is 0.314. The second-order valence-electron chi connectivity index (χ2n) is 4.92. The Kier molecular flexibility index (Phi) is 3.78. The molecule has 0 aliphatic carbocycles. The normalized spacial score (nSPS) is 15.2. The van der Waals surface area contributed by atoms with E-state index in [1.807, 2.05) is 13.2 Å². The van der Waals surface area contributed by atoms with E-state index in [0.717, 1.165) is 16.0 Å². The van der Waals surface area contributed by atoms with Crippen LogP contribution in [0.25, 0.3) is 11.1 Å². The molecule has 1 fully saturated rings. The van der Waals surface area contributed by atoms with Crippen molar-refractivity contribution in [2.75, 3.05) is 25.2 Å². The standard InChI is InChI=1S/C14H16N4O4/c1-17-8-9(7-15-17)10-3-4-11(18(2)14(19)20)16-12(10)13-21-5-6-22-13/h3-4,7-8,13H,5-6H2,1-2H3,(H,19,20). The highest BCUT2D eigenvalue weighted by Gasteiger charge is 2.25. The summed E-state index contributed by atoms with van der Waals surface area (Å²) in [5, 5.41) is 13.2. The minimum atomic E-state index is -1.08. The fourth-order valence-electron chi connectivity index (χ4n) is 2.25. The lowest BCUT2D eigenvalue weighted by molar-refractivity contribution is -0.0467. The van der Waals surface area contributed by atoms with E-state index in [1.54, 1.807) is 23.0 Å². The number of nitrogens with zero attached hydrogens (tertiary/aromatic N) is 4. The number of aromatic nitrogens is 3. The first kappa shape index (κ1) is 14.5. The van der Waals surface area contributed by atoms with Gasteiger partial charge in [0.1, 0.15) is 11.5 Å². The van der Waals surface area contributed by atoms with Gasteiger partial charge in [-0.2, -0.15) is 5.10 Å². The lowest BCUT2D eigenvalue weighted by Crippen LogP contribution is -2.25. The monoisotopic (exact) mass is 304 g/mol. The molecular formula is C14H16N4O4. The highest BCUT2D eigenvalue weighted by atomic mass is 16.7. The van der Waals surface area contributed by atoms with Gasteiger partial charge in [-0.05, 0) is 12.1 Å². The molecule has 1 aliphatic heterocycles. The number of carboxylic acid groups (broad SMARTS) is 1. The number of pyridine rings is 1. The molecule has 3 heterocycles. The van der Waals surface area contributed by atoms with Gasteiger partial charge in [0.05, 0.1) is 19.4 Å². The van der Waals surface area contributed by atoms with Crippen LogP contribution in [0.2, 0.25) is 0 Å². The molecule has 2 aromatic heterocycles. The summed E-state index contributed by atoms with van der Waals surface area (Å²) in [6, 6.07) is 3.45. The zero-order valence-corrected chi connectivity index (χ0v) is 12.3. The van der Waals surface area contributed by atoms with Crippen molar-refractivity contribution < 1.29 is 19.4 Å². The van der Waals surface area contributed by atoms with Gasteiger partial charge in [-0.3, -0.25) is 9.58 Å². The number of rotatable bonds is 3. The molecule has 0 saturated carbocycles. The summed E-state index contributed by atoms with van der Waals surface area (Å²) in [7, 11) is 3.26. The third kappa shape index (κ3) is 2.66. The van der Waals surface area contributed by atoms with Crippen molar-refractivity contribution in [1.29, 1.82) is 0 Å². The van der Waals surface area contributed by atoms with Crippen LogP contribution >= 0.6 is 0 Å². The van der Waals surface area contributed by atoms with E-state index in [4.69, 9.17) is 14.6 Å². The molecule has 0 radical (unpaired) electrons. The van der Waals surface area contributed by atoms with Gasteiger partial charge in [0.15, 0.2) is 0 Å². The van der Waals surface area contributed by atoms with Crippen LogP contribution in [0.15, 0.2) is 24.5 Å². The SMILES string of the molecule is CN(C(=O)O)c1ccc(-c2cnn(C)c2)c(C2OCCO2)n1. The molecule has 3 rings (SSSR count). The quantitative estimate of drug-likeness (QED) is 0.927. The third-order valence-electron chi connectivity index (χ3n) is 3.40. The Labute approximate surface area is 126 Å². The fraction of sp³-hybridized carbons (Fsp3) is 0.357. The molecule has 22 heavy (non-hydrogen) atoms. The first-order valence-electron chi connectivity index (χ1n) is 6.76. The predicted octanol–water partition coefficient (Wildman–Crippen LogP) is 1.64. The highest BCUT2D eigenvalue weighted by Crippen LogP contribution is 2.32. The molecule has 8 heteroatoms. The van der Waals surface area contributed by atoms with Gasteiger partial charge in [0, 0.05) is 31.4 Å². The minimum Gasteiger partial charge on any atom is -0.465 e. The molecule has 1 amide bonds. The van der Waals surface area contributed by atoms with Crippen molar-refractivity contribution in [2.24, 2.45) is 7.05 Å². The van der Waals surface area contributed by atoms with Crippen LogP contribution in [0.1, 0.15) is 12.0 Å². The molecule has 0 unspecified atom stereocenters. The molecule has 0 spiro atoms. The van der Waals surface area contributed by atoms with E-state index in [9.17, 15) is 4.79 Å². The van der Waals surface area contributed by atoms with Crippen LogP contribution in [-0.2, 0) is 16.5 Å². The number of carbonyl (C=O) groups is 1. The Balaban J connectivity index is 2.07. The van der Waals surface area contributed by atoms with E-state index in [-0.39, 0.29) is 0 Å². The van der Waals surface area contributed by atoms with Gasteiger partial charge < -0.3 is 14.6 Å². The van der Waals surface area contributed by atoms with E-state index < -0.39 is 12.4 Å². The molecule has 0 bridgehead atoms. The molecule has 2 aromatic rings.